The van der Waals surface area contributed by atoms with Crippen LogP contribution in [0.2, 0.25) is 0 Å². The van der Waals surface area contributed by atoms with Gasteiger partial charge < -0.3 is 14.8 Å². The van der Waals surface area contributed by atoms with Crippen LogP contribution in [0.15, 0.2) is 71.3 Å². The van der Waals surface area contributed by atoms with Crippen molar-refractivity contribution in [2.45, 2.75) is 26.6 Å². The van der Waals surface area contributed by atoms with E-state index in [1.807, 2.05) is 67.6 Å². The molecular formula is C22H23BrN2O2. The second-order valence-corrected chi connectivity index (χ2v) is 6.88. The number of nitrogens with one attached hydrogen (secondary N) is 1. The third-order valence-electron chi connectivity index (χ3n) is 4.00. The summed E-state index contributed by atoms with van der Waals surface area (Å²) in [5, 5.41) is 3.42. The highest BCUT2D eigenvalue weighted by Gasteiger charge is 2.11. The summed E-state index contributed by atoms with van der Waals surface area (Å²) in [4.78, 5) is 4.33. The molecule has 1 heterocycles. The zero-order valence-electron chi connectivity index (χ0n) is 15.3. The van der Waals surface area contributed by atoms with Crippen molar-refractivity contribution >= 4 is 15.9 Å². The highest BCUT2D eigenvalue weighted by Crippen LogP contribution is 2.34. The molecule has 0 aliphatic heterocycles. The predicted molar refractivity (Wildman–Crippen MR) is 111 cm³/mol. The molecule has 4 nitrogen and oxygen atoms in total. The monoisotopic (exact) mass is 426 g/mol. The lowest BCUT2D eigenvalue weighted by Gasteiger charge is -2.15. The van der Waals surface area contributed by atoms with E-state index in [2.05, 4.69) is 26.2 Å². The van der Waals surface area contributed by atoms with Gasteiger partial charge in [-0.1, -0.05) is 52.3 Å². The summed E-state index contributed by atoms with van der Waals surface area (Å²) in [6.45, 7) is 4.48. The van der Waals surface area contributed by atoms with E-state index in [1.165, 1.54) is 0 Å². The average molecular weight is 427 g/mol. The predicted octanol–water partition coefficient (Wildman–Crippen LogP) is 5.11. The molecule has 3 aromatic rings. The Hall–Kier alpha value is -2.37. The minimum atomic E-state index is 0.505. The highest BCUT2D eigenvalue weighted by atomic mass is 79.9. The van der Waals surface area contributed by atoms with E-state index in [9.17, 15) is 0 Å². The smallest absolute Gasteiger partial charge is 0.162 e. The summed E-state index contributed by atoms with van der Waals surface area (Å²) in [6.07, 6.45) is 1.80. The summed E-state index contributed by atoms with van der Waals surface area (Å²) >= 11 is 3.65. The maximum absolute atomic E-state index is 6.00. The first-order valence-electron chi connectivity index (χ1n) is 8.99. The van der Waals surface area contributed by atoms with Crippen LogP contribution in [0.3, 0.4) is 0 Å². The van der Waals surface area contributed by atoms with Gasteiger partial charge in [-0.05, 0) is 42.3 Å². The van der Waals surface area contributed by atoms with Crippen molar-refractivity contribution in [1.82, 2.24) is 10.3 Å². The fourth-order valence-electron chi connectivity index (χ4n) is 2.66. The molecule has 0 aliphatic rings. The number of hydrogen-bond acceptors (Lipinski definition) is 4. The largest absolute Gasteiger partial charge is 0.490 e. The molecule has 1 aromatic heterocycles. The second kappa shape index (κ2) is 10.1. The van der Waals surface area contributed by atoms with Crippen molar-refractivity contribution in [1.29, 1.82) is 0 Å². The molecule has 3 rings (SSSR count). The van der Waals surface area contributed by atoms with E-state index in [-0.39, 0.29) is 0 Å². The summed E-state index contributed by atoms with van der Waals surface area (Å²) in [7, 11) is 0. The maximum Gasteiger partial charge on any atom is 0.162 e. The van der Waals surface area contributed by atoms with Crippen LogP contribution in [0.4, 0.5) is 0 Å². The number of rotatable bonds is 9. The number of halogens is 1. The molecule has 1 N–H and O–H groups in total. The molecule has 0 bridgehead atoms. The summed E-state index contributed by atoms with van der Waals surface area (Å²) in [6, 6.07) is 20.0. The van der Waals surface area contributed by atoms with Gasteiger partial charge in [0.1, 0.15) is 6.61 Å². The van der Waals surface area contributed by atoms with Gasteiger partial charge in [-0.15, -0.1) is 0 Å². The molecule has 0 saturated heterocycles. The first kappa shape index (κ1) is 19.4. The van der Waals surface area contributed by atoms with E-state index in [0.29, 0.717) is 26.3 Å². The van der Waals surface area contributed by atoms with Crippen LogP contribution < -0.4 is 14.8 Å². The molecule has 2 aromatic carbocycles. The van der Waals surface area contributed by atoms with Gasteiger partial charge in [0.2, 0.25) is 0 Å². The molecule has 0 amide bonds. The Morgan fingerprint density at radius 3 is 2.44 bits per heavy atom. The molecule has 0 radical (unpaired) electrons. The lowest BCUT2D eigenvalue weighted by Crippen LogP contribution is -2.14. The van der Waals surface area contributed by atoms with Crippen LogP contribution in [-0.4, -0.2) is 11.6 Å². The number of nitrogens with zero attached hydrogens (tertiary/aromatic N) is 1. The minimum Gasteiger partial charge on any atom is -0.490 e. The van der Waals surface area contributed by atoms with E-state index >= 15 is 0 Å². The maximum atomic E-state index is 6.00. The topological polar surface area (TPSA) is 43.4 Å². The van der Waals surface area contributed by atoms with Crippen LogP contribution in [0.5, 0.6) is 11.5 Å². The third kappa shape index (κ3) is 5.81. The second-order valence-electron chi connectivity index (χ2n) is 6.02. The Labute approximate surface area is 168 Å². The fraction of sp³-hybridized carbons (Fsp3) is 0.227. The number of hydrogen-bond donors (Lipinski definition) is 1. The Morgan fingerprint density at radius 2 is 1.70 bits per heavy atom. The van der Waals surface area contributed by atoms with Crippen molar-refractivity contribution < 1.29 is 9.47 Å². The van der Waals surface area contributed by atoms with Crippen molar-refractivity contribution in [3.8, 4) is 11.5 Å². The lowest BCUT2D eigenvalue weighted by molar-refractivity contribution is 0.269. The van der Waals surface area contributed by atoms with E-state index in [0.717, 1.165) is 32.8 Å². The van der Waals surface area contributed by atoms with Gasteiger partial charge in [-0.2, -0.15) is 0 Å². The van der Waals surface area contributed by atoms with Gasteiger partial charge in [0, 0.05) is 23.8 Å². The first-order chi connectivity index (χ1) is 13.3. The van der Waals surface area contributed by atoms with Crippen LogP contribution in [0, 0.1) is 0 Å². The van der Waals surface area contributed by atoms with Crippen molar-refractivity contribution in [3.05, 3.63) is 88.2 Å². The molecular weight excluding hydrogens is 404 g/mol. The number of benzene rings is 2. The SMILES string of the molecule is CCOc1cc(CNCc2ccccn2)c(Br)cc1OCc1ccccc1. The van der Waals surface area contributed by atoms with Gasteiger partial charge in [-0.3, -0.25) is 4.98 Å². The number of ether oxygens (including phenoxy) is 2. The van der Waals surface area contributed by atoms with E-state index in [1.54, 1.807) is 6.20 Å². The van der Waals surface area contributed by atoms with Gasteiger partial charge in [0.05, 0.1) is 12.3 Å². The Balaban J connectivity index is 1.67. The Bertz CT molecular complexity index is 842. The van der Waals surface area contributed by atoms with Gasteiger partial charge >= 0.3 is 0 Å². The van der Waals surface area contributed by atoms with Crippen LogP contribution >= 0.6 is 15.9 Å². The molecule has 140 valence electrons. The quantitative estimate of drug-likeness (QED) is 0.515. The molecule has 27 heavy (non-hydrogen) atoms. The van der Waals surface area contributed by atoms with Crippen molar-refractivity contribution in [3.63, 3.8) is 0 Å². The number of pyridine rings is 1. The normalized spacial score (nSPS) is 10.6. The van der Waals surface area contributed by atoms with Crippen LogP contribution in [-0.2, 0) is 19.7 Å². The molecule has 5 heteroatoms. The average Bonchev–Trinajstić information content (AvgIpc) is 2.71. The molecule has 0 spiro atoms. The van der Waals surface area contributed by atoms with E-state index < -0.39 is 0 Å². The zero-order chi connectivity index (χ0) is 18.9. The van der Waals surface area contributed by atoms with E-state index in [4.69, 9.17) is 9.47 Å². The standard InChI is InChI=1S/C22H23BrN2O2/c1-2-26-21-12-18(14-24-15-19-10-6-7-11-25-19)20(23)13-22(21)27-16-17-8-4-3-5-9-17/h3-13,24H,2,14-16H2,1H3. The number of aromatic nitrogens is 1. The van der Waals surface area contributed by atoms with Gasteiger partial charge in [-0.25, -0.2) is 0 Å². The van der Waals surface area contributed by atoms with Gasteiger partial charge in [0.25, 0.3) is 0 Å². The van der Waals surface area contributed by atoms with Crippen molar-refractivity contribution in [2.24, 2.45) is 0 Å². The molecule has 0 aliphatic carbocycles. The molecule has 0 unspecified atom stereocenters. The summed E-state index contributed by atoms with van der Waals surface area (Å²) in [5.74, 6) is 1.49. The molecule has 0 fully saturated rings. The first-order valence-corrected chi connectivity index (χ1v) is 9.78. The molecule has 0 saturated carbocycles. The Morgan fingerprint density at radius 1 is 0.926 bits per heavy atom. The lowest BCUT2D eigenvalue weighted by atomic mass is 10.2. The molecule has 0 atom stereocenters. The summed E-state index contributed by atoms with van der Waals surface area (Å²) in [5.41, 5.74) is 3.25. The van der Waals surface area contributed by atoms with Crippen LogP contribution in [0.1, 0.15) is 23.7 Å². The minimum absolute atomic E-state index is 0.505. The van der Waals surface area contributed by atoms with Crippen LogP contribution in [0.25, 0.3) is 0 Å². The Kier molecular flexibility index (Phi) is 7.25. The zero-order valence-corrected chi connectivity index (χ0v) is 16.9. The summed E-state index contributed by atoms with van der Waals surface area (Å²) < 4.78 is 12.8. The van der Waals surface area contributed by atoms with Crippen molar-refractivity contribution in [2.75, 3.05) is 6.61 Å². The third-order valence-corrected chi connectivity index (χ3v) is 4.74. The van der Waals surface area contributed by atoms with Gasteiger partial charge in [0.15, 0.2) is 11.5 Å². The highest BCUT2D eigenvalue weighted by molar-refractivity contribution is 9.10. The fourth-order valence-corrected chi connectivity index (χ4v) is 3.12.